The van der Waals surface area contributed by atoms with E-state index in [-0.39, 0.29) is 17.2 Å². The van der Waals surface area contributed by atoms with Gasteiger partial charge >= 0.3 is 5.97 Å². The van der Waals surface area contributed by atoms with Gasteiger partial charge in [-0.15, -0.1) is 0 Å². The zero-order valence-electron chi connectivity index (χ0n) is 15.2. The second-order valence-electron chi connectivity index (χ2n) is 5.92. The van der Waals surface area contributed by atoms with Crippen LogP contribution in [0.25, 0.3) is 11.3 Å². The first-order chi connectivity index (χ1) is 13.5. The summed E-state index contributed by atoms with van der Waals surface area (Å²) in [6.45, 7) is 1.41. The number of ether oxygens (including phenoxy) is 2. The van der Waals surface area contributed by atoms with Gasteiger partial charge in [-0.2, -0.15) is 0 Å². The van der Waals surface area contributed by atoms with Crippen molar-refractivity contribution in [2.24, 2.45) is 0 Å². The van der Waals surface area contributed by atoms with Gasteiger partial charge in [0.15, 0.2) is 18.2 Å². The SMILES string of the molecule is COc1ccc(C(=O)OCC(=O)Nc2cc(-c3ccc(C)cc3)no2)cc1F. The van der Waals surface area contributed by atoms with Crippen LogP contribution in [0.15, 0.2) is 53.1 Å². The van der Waals surface area contributed by atoms with E-state index in [1.807, 2.05) is 31.2 Å². The van der Waals surface area contributed by atoms with Crippen LogP contribution < -0.4 is 10.1 Å². The first-order valence-electron chi connectivity index (χ1n) is 8.30. The second kappa shape index (κ2) is 8.34. The molecular weight excluding hydrogens is 367 g/mol. The van der Waals surface area contributed by atoms with Crippen molar-refractivity contribution in [2.45, 2.75) is 6.92 Å². The van der Waals surface area contributed by atoms with Crippen molar-refractivity contribution < 1.29 is 28.0 Å². The second-order valence-corrected chi connectivity index (χ2v) is 5.92. The van der Waals surface area contributed by atoms with E-state index >= 15 is 0 Å². The third kappa shape index (κ3) is 4.53. The van der Waals surface area contributed by atoms with Crippen LogP contribution in [-0.2, 0) is 9.53 Å². The van der Waals surface area contributed by atoms with Crippen LogP contribution in [0.3, 0.4) is 0 Å². The number of amides is 1. The number of halogens is 1. The van der Waals surface area contributed by atoms with Crippen molar-refractivity contribution in [1.82, 2.24) is 5.16 Å². The molecule has 0 bridgehead atoms. The molecule has 0 fully saturated rings. The molecule has 0 atom stereocenters. The van der Waals surface area contributed by atoms with Crippen molar-refractivity contribution in [3.8, 4) is 17.0 Å². The smallest absolute Gasteiger partial charge is 0.338 e. The summed E-state index contributed by atoms with van der Waals surface area (Å²) in [7, 11) is 1.31. The molecule has 8 heteroatoms. The Balaban J connectivity index is 1.55. The third-order valence-electron chi connectivity index (χ3n) is 3.84. The molecule has 0 aliphatic heterocycles. The highest BCUT2D eigenvalue weighted by molar-refractivity contribution is 5.95. The topological polar surface area (TPSA) is 90.7 Å². The van der Waals surface area contributed by atoms with Crippen LogP contribution in [0.2, 0.25) is 0 Å². The lowest BCUT2D eigenvalue weighted by atomic mass is 10.1. The van der Waals surface area contributed by atoms with Crippen LogP contribution in [0.4, 0.5) is 10.3 Å². The number of nitrogens with zero attached hydrogens (tertiary/aromatic N) is 1. The van der Waals surface area contributed by atoms with Crippen LogP contribution in [0.1, 0.15) is 15.9 Å². The molecule has 1 heterocycles. The molecule has 1 amide bonds. The molecule has 28 heavy (non-hydrogen) atoms. The average molecular weight is 384 g/mol. The van der Waals surface area contributed by atoms with Gasteiger partial charge in [-0.3, -0.25) is 10.1 Å². The van der Waals surface area contributed by atoms with Crippen molar-refractivity contribution in [1.29, 1.82) is 0 Å². The van der Waals surface area contributed by atoms with Gasteiger partial charge in [0.2, 0.25) is 5.88 Å². The van der Waals surface area contributed by atoms with E-state index < -0.39 is 24.3 Å². The van der Waals surface area contributed by atoms with Crippen molar-refractivity contribution in [3.63, 3.8) is 0 Å². The Kier molecular flexibility index (Phi) is 5.69. The highest BCUT2D eigenvalue weighted by atomic mass is 19.1. The summed E-state index contributed by atoms with van der Waals surface area (Å²) < 4.78 is 28.3. The molecule has 0 aliphatic carbocycles. The molecule has 0 radical (unpaired) electrons. The molecule has 2 aromatic carbocycles. The Morgan fingerprint density at radius 2 is 1.89 bits per heavy atom. The number of methoxy groups -OCH3 is 1. The highest BCUT2D eigenvalue weighted by Crippen LogP contribution is 2.22. The lowest BCUT2D eigenvalue weighted by Crippen LogP contribution is -2.20. The van der Waals surface area contributed by atoms with E-state index in [1.54, 1.807) is 6.07 Å². The molecular formula is C20H17FN2O5. The van der Waals surface area contributed by atoms with Gasteiger partial charge < -0.3 is 14.0 Å². The first kappa shape index (κ1) is 19.1. The first-order valence-corrected chi connectivity index (χ1v) is 8.30. The maximum Gasteiger partial charge on any atom is 0.338 e. The maximum absolute atomic E-state index is 13.6. The lowest BCUT2D eigenvalue weighted by molar-refractivity contribution is -0.119. The van der Waals surface area contributed by atoms with Gasteiger partial charge in [-0.25, -0.2) is 9.18 Å². The zero-order valence-corrected chi connectivity index (χ0v) is 15.2. The summed E-state index contributed by atoms with van der Waals surface area (Å²) in [5, 5.41) is 6.33. The number of esters is 1. The number of nitrogens with one attached hydrogen (secondary N) is 1. The molecule has 0 aliphatic rings. The van der Waals surface area contributed by atoms with E-state index in [1.165, 1.54) is 19.2 Å². The fourth-order valence-corrected chi connectivity index (χ4v) is 2.38. The zero-order chi connectivity index (χ0) is 20.1. The summed E-state index contributed by atoms with van der Waals surface area (Å²) in [5.41, 5.74) is 2.47. The molecule has 0 saturated carbocycles. The molecule has 1 N–H and O–H groups in total. The number of hydrogen-bond acceptors (Lipinski definition) is 6. The normalized spacial score (nSPS) is 10.4. The molecule has 3 rings (SSSR count). The van der Waals surface area contributed by atoms with Crippen LogP contribution in [-0.4, -0.2) is 30.7 Å². The van der Waals surface area contributed by atoms with E-state index in [2.05, 4.69) is 10.5 Å². The van der Waals surface area contributed by atoms with Crippen molar-refractivity contribution in [2.75, 3.05) is 19.0 Å². The lowest BCUT2D eigenvalue weighted by Gasteiger charge is -2.06. The van der Waals surface area contributed by atoms with E-state index in [0.717, 1.165) is 17.2 Å². The van der Waals surface area contributed by atoms with E-state index in [0.29, 0.717) is 5.69 Å². The van der Waals surface area contributed by atoms with Gasteiger partial charge in [-0.05, 0) is 25.1 Å². The third-order valence-corrected chi connectivity index (χ3v) is 3.84. The van der Waals surface area contributed by atoms with Gasteiger partial charge in [-0.1, -0.05) is 35.0 Å². The summed E-state index contributed by atoms with van der Waals surface area (Å²) in [6.07, 6.45) is 0. The summed E-state index contributed by atoms with van der Waals surface area (Å²) in [6, 6.07) is 12.8. The number of carbonyl (C=O) groups is 2. The number of rotatable bonds is 6. The number of aromatic nitrogens is 1. The number of carbonyl (C=O) groups excluding carboxylic acids is 2. The van der Waals surface area contributed by atoms with Gasteiger partial charge in [0, 0.05) is 11.6 Å². The number of benzene rings is 2. The number of hydrogen-bond donors (Lipinski definition) is 1. The molecule has 1 aromatic heterocycles. The quantitative estimate of drug-likeness (QED) is 0.653. The summed E-state index contributed by atoms with van der Waals surface area (Å²) in [5.74, 6) is -2.04. The monoisotopic (exact) mass is 384 g/mol. The standard InChI is InChI=1S/C20H17FN2O5/c1-12-3-5-13(6-4-12)16-10-19(28-23-16)22-18(24)11-27-20(25)14-7-8-17(26-2)15(21)9-14/h3-10H,11H2,1-2H3,(H,22,24). The van der Waals surface area contributed by atoms with E-state index in [4.69, 9.17) is 14.0 Å². The van der Waals surface area contributed by atoms with E-state index in [9.17, 15) is 14.0 Å². The fraction of sp³-hybridized carbons (Fsp3) is 0.150. The van der Waals surface area contributed by atoms with Crippen LogP contribution >= 0.6 is 0 Å². The van der Waals surface area contributed by atoms with Crippen molar-refractivity contribution in [3.05, 3.63) is 65.5 Å². The maximum atomic E-state index is 13.6. The number of aryl methyl sites for hydroxylation is 1. The Bertz CT molecular complexity index is 998. The average Bonchev–Trinajstić information content (AvgIpc) is 3.15. The highest BCUT2D eigenvalue weighted by Gasteiger charge is 2.15. The minimum Gasteiger partial charge on any atom is -0.494 e. The minimum absolute atomic E-state index is 0.00370. The van der Waals surface area contributed by atoms with Crippen LogP contribution in [0, 0.1) is 12.7 Å². The molecule has 7 nitrogen and oxygen atoms in total. The van der Waals surface area contributed by atoms with Gasteiger partial charge in [0.05, 0.1) is 12.7 Å². The Morgan fingerprint density at radius 1 is 1.14 bits per heavy atom. The largest absolute Gasteiger partial charge is 0.494 e. The Morgan fingerprint density at radius 3 is 2.57 bits per heavy atom. The Labute approximate surface area is 160 Å². The number of anilines is 1. The molecule has 144 valence electrons. The van der Waals surface area contributed by atoms with Gasteiger partial charge in [0.1, 0.15) is 5.69 Å². The molecule has 0 unspecified atom stereocenters. The van der Waals surface area contributed by atoms with Crippen molar-refractivity contribution >= 4 is 17.8 Å². The Hall–Kier alpha value is -3.68. The minimum atomic E-state index is -0.838. The predicted molar refractivity (Wildman–Crippen MR) is 98.5 cm³/mol. The summed E-state index contributed by atoms with van der Waals surface area (Å²) in [4.78, 5) is 23.9. The van der Waals surface area contributed by atoms with Crippen LogP contribution in [0.5, 0.6) is 5.75 Å². The molecule has 0 saturated heterocycles. The van der Waals surface area contributed by atoms with Gasteiger partial charge in [0.25, 0.3) is 5.91 Å². The fourth-order valence-electron chi connectivity index (χ4n) is 2.38. The molecule has 3 aromatic rings. The molecule has 0 spiro atoms. The predicted octanol–water partition coefficient (Wildman–Crippen LogP) is 3.59. The summed E-state index contributed by atoms with van der Waals surface area (Å²) >= 11 is 0.